The zero-order valence-corrected chi connectivity index (χ0v) is 15.0. The van der Waals surface area contributed by atoms with E-state index in [1.54, 1.807) is 6.08 Å². The van der Waals surface area contributed by atoms with Crippen LogP contribution in [0.15, 0.2) is 36.4 Å². The number of carbonyl (C=O) groups is 2. The molecule has 3 nitrogen and oxygen atoms in total. The second-order valence-corrected chi connectivity index (χ2v) is 7.50. The van der Waals surface area contributed by atoms with Gasteiger partial charge in [0.05, 0.1) is 0 Å². The normalized spacial score (nSPS) is 23.4. The summed E-state index contributed by atoms with van der Waals surface area (Å²) in [6, 6.07) is 9.82. The summed E-state index contributed by atoms with van der Waals surface area (Å²) in [5, 5.41) is 0. The maximum atomic E-state index is 12.4. The highest BCUT2D eigenvalue weighted by molar-refractivity contribution is 5.93. The van der Waals surface area contributed by atoms with Gasteiger partial charge < -0.3 is 4.90 Å². The third kappa shape index (κ3) is 5.29. The van der Waals surface area contributed by atoms with Gasteiger partial charge in [0.25, 0.3) is 0 Å². The molecule has 2 aliphatic rings. The van der Waals surface area contributed by atoms with Crippen molar-refractivity contribution in [1.82, 2.24) is 4.90 Å². The van der Waals surface area contributed by atoms with E-state index < -0.39 is 0 Å². The monoisotopic (exact) mass is 339 g/mol. The molecule has 0 bridgehead atoms. The first kappa shape index (κ1) is 17.9. The smallest absolute Gasteiger partial charge is 0.222 e. The lowest BCUT2D eigenvalue weighted by molar-refractivity contribution is -0.134. The molecule has 1 heterocycles. The van der Waals surface area contributed by atoms with Gasteiger partial charge >= 0.3 is 0 Å². The minimum atomic E-state index is 0.0997. The molecule has 1 aliphatic heterocycles. The fourth-order valence-corrected chi connectivity index (χ4v) is 4.24. The summed E-state index contributed by atoms with van der Waals surface area (Å²) in [7, 11) is 0. The average Bonchev–Trinajstić information content (AvgIpc) is 2.66. The van der Waals surface area contributed by atoms with Gasteiger partial charge in [0.15, 0.2) is 5.78 Å². The van der Waals surface area contributed by atoms with Crippen LogP contribution in [0, 0.1) is 11.8 Å². The fourth-order valence-electron chi connectivity index (χ4n) is 4.24. The number of benzene rings is 1. The summed E-state index contributed by atoms with van der Waals surface area (Å²) in [6.45, 7) is 1.87. The van der Waals surface area contributed by atoms with Crippen LogP contribution in [0.1, 0.15) is 56.9 Å². The number of allylic oxidation sites excluding steroid dienone is 1. The van der Waals surface area contributed by atoms with Crippen LogP contribution >= 0.6 is 0 Å². The molecule has 1 aromatic rings. The number of fused-ring (bicyclic) bond motifs is 1. The highest BCUT2D eigenvalue weighted by atomic mass is 16.2. The van der Waals surface area contributed by atoms with Crippen molar-refractivity contribution in [1.29, 1.82) is 0 Å². The molecule has 2 unspecified atom stereocenters. The van der Waals surface area contributed by atoms with E-state index in [1.807, 2.05) is 36.4 Å². The van der Waals surface area contributed by atoms with Crippen LogP contribution in [-0.2, 0) is 9.59 Å². The Hall–Kier alpha value is -1.90. The van der Waals surface area contributed by atoms with E-state index in [4.69, 9.17) is 0 Å². The predicted molar refractivity (Wildman–Crippen MR) is 101 cm³/mol. The molecule has 0 aromatic heterocycles. The molecule has 3 heteroatoms. The number of rotatable bonds is 6. The van der Waals surface area contributed by atoms with Gasteiger partial charge in [-0.25, -0.2) is 0 Å². The predicted octanol–water partition coefficient (Wildman–Crippen LogP) is 4.48. The van der Waals surface area contributed by atoms with Crippen LogP contribution in [0.3, 0.4) is 0 Å². The van der Waals surface area contributed by atoms with E-state index in [9.17, 15) is 9.59 Å². The van der Waals surface area contributed by atoms with Crippen molar-refractivity contribution in [2.45, 2.75) is 51.4 Å². The van der Waals surface area contributed by atoms with E-state index in [0.717, 1.165) is 30.5 Å². The van der Waals surface area contributed by atoms with Crippen molar-refractivity contribution >= 4 is 17.8 Å². The van der Waals surface area contributed by atoms with Gasteiger partial charge in [-0.1, -0.05) is 55.7 Å². The highest BCUT2D eigenvalue weighted by Crippen LogP contribution is 2.36. The zero-order valence-electron chi connectivity index (χ0n) is 15.0. The summed E-state index contributed by atoms with van der Waals surface area (Å²) in [5.74, 6) is 1.91. The number of hydrogen-bond donors (Lipinski definition) is 0. The summed E-state index contributed by atoms with van der Waals surface area (Å²) in [4.78, 5) is 26.4. The van der Waals surface area contributed by atoms with E-state index in [-0.39, 0.29) is 11.7 Å². The SMILES string of the molecule is O=C(/C=C/c1ccccc1)CCCC(=O)N1CCC2CCCCC2C1. The Bertz CT molecular complexity index is 608. The van der Waals surface area contributed by atoms with Crippen molar-refractivity contribution in [3.05, 3.63) is 42.0 Å². The van der Waals surface area contributed by atoms with Crippen LogP contribution in [0.4, 0.5) is 0 Å². The molecule has 25 heavy (non-hydrogen) atoms. The maximum Gasteiger partial charge on any atom is 0.222 e. The molecule has 3 rings (SSSR count). The molecular weight excluding hydrogens is 310 g/mol. The lowest BCUT2D eigenvalue weighted by atomic mass is 9.75. The fraction of sp³-hybridized carbons (Fsp3) is 0.545. The quantitative estimate of drug-likeness (QED) is 0.717. The Balaban J connectivity index is 1.37. The van der Waals surface area contributed by atoms with Gasteiger partial charge in [0.2, 0.25) is 5.91 Å². The molecule has 0 spiro atoms. The number of likely N-dealkylation sites (tertiary alicyclic amines) is 1. The molecule has 1 aromatic carbocycles. The van der Waals surface area contributed by atoms with E-state index in [1.165, 1.54) is 32.1 Å². The van der Waals surface area contributed by atoms with Crippen LogP contribution < -0.4 is 0 Å². The number of piperidine rings is 1. The van der Waals surface area contributed by atoms with Gasteiger partial charge in [-0.05, 0) is 42.7 Å². The third-order valence-electron chi connectivity index (χ3n) is 5.72. The van der Waals surface area contributed by atoms with Crippen molar-refractivity contribution in [3.63, 3.8) is 0 Å². The van der Waals surface area contributed by atoms with Gasteiger partial charge in [-0.3, -0.25) is 9.59 Å². The summed E-state index contributed by atoms with van der Waals surface area (Å²) in [5.41, 5.74) is 1.03. The standard InChI is InChI=1S/C22H29NO2/c24-21(14-13-18-7-2-1-3-8-18)11-6-12-22(25)23-16-15-19-9-4-5-10-20(19)17-23/h1-3,7-8,13-14,19-20H,4-6,9-12,15-17H2/b14-13+. The largest absolute Gasteiger partial charge is 0.342 e. The Kier molecular flexibility index (Phi) is 6.43. The van der Waals surface area contributed by atoms with E-state index in [0.29, 0.717) is 19.3 Å². The molecule has 2 atom stereocenters. The molecule has 0 radical (unpaired) electrons. The topological polar surface area (TPSA) is 37.4 Å². The van der Waals surface area contributed by atoms with Crippen molar-refractivity contribution in [2.24, 2.45) is 11.8 Å². The first-order valence-electron chi connectivity index (χ1n) is 9.76. The first-order valence-corrected chi connectivity index (χ1v) is 9.76. The molecule has 0 N–H and O–H groups in total. The number of nitrogens with zero attached hydrogens (tertiary/aromatic N) is 1. The number of ketones is 1. The molecule has 1 saturated carbocycles. The van der Waals surface area contributed by atoms with E-state index in [2.05, 4.69) is 4.90 Å². The minimum absolute atomic E-state index is 0.0997. The van der Waals surface area contributed by atoms with Crippen LogP contribution in [0.25, 0.3) is 6.08 Å². The molecule has 2 fully saturated rings. The van der Waals surface area contributed by atoms with Crippen molar-refractivity contribution in [2.75, 3.05) is 13.1 Å². The van der Waals surface area contributed by atoms with Crippen LogP contribution in [-0.4, -0.2) is 29.7 Å². The van der Waals surface area contributed by atoms with Gasteiger partial charge in [0.1, 0.15) is 0 Å². The van der Waals surface area contributed by atoms with Crippen molar-refractivity contribution in [3.8, 4) is 0 Å². The number of hydrogen-bond acceptors (Lipinski definition) is 2. The Labute approximate surface area is 151 Å². The molecule has 1 aliphatic carbocycles. The number of amides is 1. The second kappa shape index (κ2) is 8.98. The lowest BCUT2D eigenvalue weighted by Gasteiger charge is -2.41. The zero-order chi connectivity index (χ0) is 17.5. The molecule has 1 amide bonds. The van der Waals surface area contributed by atoms with Gasteiger partial charge in [0, 0.05) is 25.9 Å². The maximum absolute atomic E-state index is 12.4. The van der Waals surface area contributed by atoms with Crippen molar-refractivity contribution < 1.29 is 9.59 Å². The summed E-state index contributed by atoms with van der Waals surface area (Å²) >= 11 is 0. The molecular formula is C22H29NO2. The summed E-state index contributed by atoms with van der Waals surface area (Å²) in [6.07, 6.45) is 11.6. The number of carbonyl (C=O) groups excluding carboxylic acids is 2. The minimum Gasteiger partial charge on any atom is -0.342 e. The third-order valence-corrected chi connectivity index (χ3v) is 5.72. The van der Waals surface area contributed by atoms with Gasteiger partial charge in [-0.2, -0.15) is 0 Å². The Morgan fingerprint density at radius 1 is 1.00 bits per heavy atom. The molecule has 1 saturated heterocycles. The Morgan fingerprint density at radius 3 is 2.56 bits per heavy atom. The summed E-state index contributed by atoms with van der Waals surface area (Å²) < 4.78 is 0. The Morgan fingerprint density at radius 2 is 1.76 bits per heavy atom. The highest BCUT2D eigenvalue weighted by Gasteiger charge is 2.32. The first-order chi connectivity index (χ1) is 12.2. The van der Waals surface area contributed by atoms with Gasteiger partial charge in [-0.15, -0.1) is 0 Å². The van der Waals surface area contributed by atoms with E-state index >= 15 is 0 Å². The van der Waals surface area contributed by atoms with Crippen LogP contribution in [0.5, 0.6) is 0 Å². The van der Waals surface area contributed by atoms with Crippen LogP contribution in [0.2, 0.25) is 0 Å². The average molecular weight is 339 g/mol. The molecule has 134 valence electrons. The lowest BCUT2D eigenvalue weighted by Crippen LogP contribution is -2.44. The second-order valence-electron chi connectivity index (χ2n) is 7.50.